The van der Waals surface area contributed by atoms with Crippen molar-refractivity contribution >= 4 is 0 Å². The molecule has 20 heavy (non-hydrogen) atoms. The van der Waals surface area contributed by atoms with Crippen LogP contribution < -0.4 is 0 Å². The van der Waals surface area contributed by atoms with E-state index >= 15 is 0 Å². The molecule has 1 aliphatic rings. The van der Waals surface area contributed by atoms with Crippen LogP contribution in [0, 0.1) is 0 Å². The number of hydrogen-bond acceptors (Lipinski definition) is 6. The normalized spacial score (nSPS) is 26.1. The van der Waals surface area contributed by atoms with E-state index in [4.69, 9.17) is 0 Å². The second kappa shape index (κ2) is 4.73. The molecule has 1 aromatic rings. The summed E-state index contributed by atoms with van der Waals surface area (Å²) in [6, 6.07) is 2.06. The zero-order chi connectivity index (χ0) is 15.1. The minimum absolute atomic E-state index is 0.125. The van der Waals surface area contributed by atoms with Gasteiger partial charge in [0.05, 0.1) is 0 Å². The maximum atomic E-state index is 10.4. The first-order chi connectivity index (χ1) is 9.23. The van der Waals surface area contributed by atoms with Gasteiger partial charge in [-0.1, -0.05) is 0 Å². The van der Waals surface area contributed by atoms with Crippen LogP contribution in [0.1, 0.15) is 12.5 Å². The molecule has 0 fully saturated rings. The van der Waals surface area contributed by atoms with Crippen LogP contribution >= 0.6 is 0 Å². The molecule has 0 radical (unpaired) electrons. The smallest absolute Gasteiger partial charge is 0.161 e. The van der Waals surface area contributed by atoms with Crippen molar-refractivity contribution in [3.63, 3.8) is 0 Å². The molecule has 6 N–H and O–H groups in total. The minimum atomic E-state index is -1.72. The summed E-state index contributed by atoms with van der Waals surface area (Å²) in [6.07, 6.45) is 0.833. The van der Waals surface area contributed by atoms with Gasteiger partial charge in [-0.15, -0.1) is 0 Å². The lowest BCUT2D eigenvalue weighted by Crippen LogP contribution is -2.43. The molecule has 2 rings (SSSR count). The van der Waals surface area contributed by atoms with Gasteiger partial charge in [0.25, 0.3) is 0 Å². The molecule has 1 aromatic carbocycles. The van der Waals surface area contributed by atoms with Crippen molar-refractivity contribution in [3.05, 3.63) is 41.2 Å². The quantitative estimate of drug-likeness (QED) is 0.353. The van der Waals surface area contributed by atoms with Gasteiger partial charge in [0.15, 0.2) is 11.5 Å². The maximum Gasteiger partial charge on any atom is 0.161 e. The Morgan fingerprint density at radius 1 is 1.05 bits per heavy atom. The van der Waals surface area contributed by atoms with Gasteiger partial charge in [0, 0.05) is 18.1 Å². The van der Waals surface area contributed by atoms with E-state index in [1.807, 2.05) is 0 Å². The van der Waals surface area contributed by atoms with Gasteiger partial charge in [-0.25, -0.2) is 0 Å². The highest BCUT2D eigenvalue weighted by molar-refractivity contribution is 5.49. The number of hydrogen-bond donors (Lipinski definition) is 6. The van der Waals surface area contributed by atoms with E-state index in [0.29, 0.717) is 5.57 Å². The van der Waals surface area contributed by atoms with Gasteiger partial charge in [-0.2, -0.15) is 0 Å². The van der Waals surface area contributed by atoms with Crippen LogP contribution in [0.2, 0.25) is 0 Å². The van der Waals surface area contributed by atoms with Gasteiger partial charge >= 0.3 is 0 Å². The van der Waals surface area contributed by atoms with Crippen molar-refractivity contribution in [1.29, 1.82) is 0 Å². The number of phenolic OH excluding ortho intramolecular Hbond substituents is 3. The first kappa shape index (κ1) is 14.2. The fourth-order valence-electron chi connectivity index (χ4n) is 2.17. The lowest BCUT2D eigenvalue weighted by molar-refractivity contribution is -0.0183. The van der Waals surface area contributed by atoms with E-state index in [0.717, 1.165) is 18.2 Å². The molecule has 108 valence electrons. The van der Waals surface area contributed by atoms with Crippen LogP contribution in [-0.4, -0.2) is 42.3 Å². The molecule has 0 bridgehead atoms. The number of benzene rings is 1. The Bertz CT molecular complexity index is 604. The molecule has 0 heterocycles. The molecular formula is C14H16O6. The lowest BCUT2D eigenvalue weighted by Gasteiger charge is -2.32. The summed E-state index contributed by atoms with van der Waals surface area (Å²) >= 11 is 0. The molecule has 0 aliphatic heterocycles. The summed E-state index contributed by atoms with van der Waals surface area (Å²) in [5.41, 5.74) is -1.18. The highest BCUT2D eigenvalue weighted by atomic mass is 16.3. The van der Waals surface area contributed by atoms with E-state index in [1.54, 1.807) is 6.92 Å². The molecular weight excluding hydrogens is 264 g/mol. The summed E-state index contributed by atoms with van der Waals surface area (Å²) in [4.78, 5) is 0. The average molecular weight is 280 g/mol. The minimum Gasteiger partial charge on any atom is -0.508 e. The molecule has 2 unspecified atom stereocenters. The molecule has 0 saturated carbocycles. The highest BCUT2D eigenvalue weighted by Gasteiger charge is 2.37. The third kappa shape index (κ3) is 2.43. The Kier molecular flexibility index (Phi) is 3.37. The van der Waals surface area contributed by atoms with Crippen LogP contribution in [-0.2, 0) is 6.42 Å². The number of allylic oxidation sites excluding steroid dienone is 1. The summed E-state index contributed by atoms with van der Waals surface area (Å²) in [7, 11) is 0. The Hall–Kier alpha value is -2.18. The monoisotopic (exact) mass is 280 g/mol. The van der Waals surface area contributed by atoms with E-state index < -0.39 is 23.2 Å². The molecule has 6 nitrogen and oxygen atoms in total. The van der Waals surface area contributed by atoms with Gasteiger partial charge < -0.3 is 30.6 Å². The van der Waals surface area contributed by atoms with Crippen LogP contribution in [0.4, 0.5) is 0 Å². The van der Waals surface area contributed by atoms with E-state index in [1.165, 1.54) is 6.08 Å². The number of aliphatic hydroxyl groups excluding tert-OH is 2. The van der Waals surface area contributed by atoms with Gasteiger partial charge in [-0.3, -0.25) is 0 Å². The van der Waals surface area contributed by atoms with Crippen molar-refractivity contribution in [3.8, 4) is 17.2 Å². The second-order valence-electron chi connectivity index (χ2n) is 4.96. The average Bonchev–Trinajstić information content (AvgIpc) is 2.34. The topological polar surface area (TPSA) is 121 Å². The second-order valence-corrected chi connectivity index (χ2v) is 4.96. The Balaban J connectivity index is 2.37. The summed E-state index contributed by atoms with van der Waals surface area (Å²) in [5.74, 6) is -1.36. The van der Waals surface area contributed by atoms with Gasteiger partial charge in [0.2, 0.25) is 0 Å². The maximum absolute atomic E-state index is 10.4. The van der Waals surface area contributed by atoms with E-state index in [9.17, 15) is 30.6 Å². The van der Waals surface area contributed by atoms with Crippen LogP contribution in [0.5, 0.6) is 17.2 Å². The number of aromatic hydroxyl groups is 3. The van der Waals surface area contributed by atoms with Gasteiger partial charge in [0.1, 0.15) is 23.2 Å². The van der Waals surface area contributed by atoms with E-state index in [2.05, 4.69) is 0 Å². The molecule has 0 amide bonds. The summed E-state index contributed by atoms with van der Waals surface area (Å²) in [6.45, 7) is 1.57. The predicted molar refractivity (Wildman–Crippen MR) is 70.6 cm³/mol. The fourth-order valence-corrected chi connectivity index (χ4v) is 2.17. The Morgan fingerprint density at radius 3 is 2.30 bits per heavy atom. The fraction of sp³-hybridized carbons (Fsp3) is 0.286. The zero-order valence-corrected chi connectivity index (χ0v) is 10.8. The van der Waals surface area contributed by atoms with Crippen LogP contribution in [0.25, 0.3) is 0 Å². The lowest BCUT2D eigenvalue weighted by atomic mass is 9.83. The number of phenols is 3. The Labute approximate surface area is 115 Å². The Morgan fingerprint density at radius 2 is 1.65 bits per heavy atom. The van der Waals surface area contributed by atoms with Crippen molar-refractivity contribution < 1.29 is 30.6 Å². The molecule has 0 saturated heterocycles. The SMILES string of the molecule is CC1=CC(O)(Cc2cc(O)c(O)cc2O)C(O)C=C1O. The van der Waals surface area contributed by atoms with Crippen molar-refractivity contribution in [2.45, 2.75) is 25.0 Å². The van der Waals surface area contributed by atoms with Gasteiger partial charge in [-0.05, 0) is 30.7 Å². The molecule has 1 aliphatic carbocycles. The third-order valence-corrected chi connectivity index (χ3v) is 3.35. The molecule has 2 atom stereocenters. The zero-order valence-electron chi connectivity index (χ0n) is 10.8. The van der Waals surface area contributed by atoms with Crippen molar-refractivity contribution in [2.24, 2.45) is 0 Å². The molecule has 0 spiro atoms. The summed E-state index contributed by atoms with van der Waals surface area (Å²) < 4.78 is 0. The highest BCUT2D eigenvalue weighted by Crippen LogP contribution is 2.36. The molecule has 6 heteroatoms. The van der Waals surface area contributed by atoms with E-state index in [-0.39, 0.29) is 23.5 Å². The number of aliphatic hydroxyl groups is 3. The van der Waals surface area contributed by atoms with Crippen LogP contribution in [0.15, 0.2) is 35.6 Å². The van der Waals surface area contributed by atoms with Crippen molar-refractivity contribution in [1.82, 2.24) is 0 Å². The first-order valence-corrected chi connectivity index (χ1v) is 5.98. The first-order valence-electron chi connectivity index (χ1n) is 5.98. The largest absolute Gasteiger partial charge is 0.508 e. The molecule has 0 aromatic heterocycles. The van der Waals surface area contributed by atoms with Crippen LogP contribution in [0.3, 0.4) is 0 Å². The number of rotatable bonds is 2. The third-order valence-electron chi connectivity index (χ3n) is 3.35. The summed E-state index contributed by atoms with van der Waals surface area (Å²) in [5, 5.41) is 58.2. The van der Waals surface area contributed by atoms with Crippen molar-refractivity contribution in [2.75, 3.05) is 0 Å². The predicted octanol–water partition coefficient (Wildman–Crippen LogP) is 0.840. The standard InChI is InChI=1S/C14H16O6/c1-7-5-14(20,13(19)4-9(7)15)6-8-2-11(17)12(18)3-10(8)16/h2-5,13,15-20H,6H2,1H3.